The highest BCUT2D eigenvalue weighted by molar-refractivity contribution is 6.62. The van der Waals surface area contributed by atoms with Gasteiger partial charge in [0.25, 0.3) is 0 Å². The Hall–Kier alpha value is -1.37. The standard InChI is InChI=1S/C19H29BN2O3/c1-14-17(23)21(6)11-12-22(14)13-15-7-9-16(10-8-15)20-24-18(2,3)19(4,5)25-20/h7-10,14H,11-13H2,1-6H3. The monoisotopic (exact) mass is 344 g/mol. The van der Waals surface area contributed by atoms with Crippen LogP contribution in [0.5, 0.6) is 0 Å². The van der Waals surface area contributed by atoms with E-state index in [1.54, 1.807) is 0 Å². The molecule has 0 N–H and O–H groups in total. The molecule has 0 bridgehead atoms. The molecule has 2 aliphatic rings. The molecule has 1 atom stereocenters. The van der Waals surface area contributed by atoms with Crippen molar-refractivity contribution < 1.29 is 14.1 Å². The van der Waals surface area contributed by atoms with Crippen LogP contribution in [0.4, 0.5) is 0 Å². The maximum Gasteiger partial charge on any atom is 0.494 e. The van der Waals surface area contributed by atoms with Gasteiger partial charge in [-0.3, -0.25) is 9.69 Å². The van der Waals surface area contributed by atoms with E-state index in [1.165, 1.54) is 5.56 Å². The van der Waals surface area contributed by atoms with Crippen molar-refractivity contribution in [2.24, 2.45) is 0 Å². The zero-order valence-electron chi connectivity index (χ0n) is 16.2. The summed E-state index contributed by atoms with van der Waals surface area (Å²) < 4.78 is 12.2. The smallest absolute Gasteiger partial charge is 0.399 e. The predicted molar refractivity (Wildman–Crippen MR) is 99.7 cm³/mol. The predicted octanol–water partition coefficient (Wildman–Crippen LogP) is 1.65. The zero-order chi connectivity index (χ0) is 18.4. The fraction of sp³-hybridized carbons (Fsp3) is 0.632. The van der Waals surface area contributed by atoms with Gasteiger partial charge in [0.2, 0.25) is 5.91 Å². The second-order valence-electron chi connectivity index (χ2n) is 8.24. The van der Waals surface area contributed by atoms with Gasteiger partial charge >= 0.3 is 7.12 Å². The molecule has 136 valence electrons. The second kappa shape index (κ2) is 6.42. The lowest BCUT2D eigenvalue weighted by Gasteiger charge is -2.37. The molecule has 0 spiro atoms. The van der Waals surface area contributed by atoms with Gasteiger partial charge in [-0.1, -0.05) is 24.3 Å². The normalized spacial score (nSPS) is 26.3. The van der Waals surface area contributed by atoms with Crippen LogP contribution < -0.4 is 5.46 Å². The van der Waals surface area contributed by atoms with Gasteiger partial charge in [0.05, 0.1) is 17.2 Å². The third-order valence-corrected chi connectivity index (χ3v) is 5.89. The molecule has 0 aliphatic carbocycles. The van der Waals surface area contributed by atoms with Gasteiger partial charge in [0.1, 0.15) is 0 Å². The number of amides is 1. The summed E-state index contributed by atoms with van der Waals surface area (Å²) in [5, 5.41) is 0. The summed E-state index contributed by atoms with van der Waals surface area (Å²) >= 11 is 0. The fourth-order valence-corrected chi connectivity index (χ4v) is 3.27. The summed E-state index contributed by atoms with van der Waals surface area (Å²) in [5.41, 5.74) is 1.58. The highest BCUT2D eigenvalue weighted by Gasteiger charge is 2.51. The van der Waals surface area contributed by atoms with Crippen molar-refractivity contribution in [1.29, 1.82) is 0 Å². The molecule has 0 radical (unpaired) electrons. The van der Waals surface area contributed by atoms with Crippen molar-refractivity contribution in [2.75, 3.05) is 20.1 Å². The first kappa shape index (κ1) is 18.4. The van der Waals surface area contributed by atoms with E-state index in [0.717, 1.165) is 25.1 Å². The summed E-state index contributed by atoms with van der Waals surface area (Å²) in [6.45, 7) is 12.7. The van der Waals surface area contributed by atoms with Crippen molar-refractivity contribution in [3.8, 4) is 0 Å². The van der Waals surface area contributed by atoms with E-state index >= 15 is 0 Å². The molecule has 2 heterocycles. The Morgan fingerprint density at radius 1 is 1.08 bits per heavy atom. The molecule has 25 heavy (non-hydrogen) atoms. The number of nitrogens with zero attached hydrogens (tertiary/aromatic N) is 2. The van der Waals surface area contributed by atoms with Crippen LogP contribution in [0.1, 0.15) is 40.2 Å². The molecular weight excluding hydrogens is 315 g/mol. The number of piperazine rings is 1. The number of rotatable bonds is 3. The van der Waals surface area contributed by atoms with Gasteiger partial charge in [-0.25, -0.2) is 0 Å². The largest absolute Gasteiger partial charge is 0.494 e. The highest BCUT2D eigenvalue weighted by atomic mass is 16.7. The number of carbonyl (C=O) groups is 1. The maximum absolute atomic E-state index is 12.1. The molecule has 0 saturated carbocycles. The molecule has 3 rings (SSSR count). The van der Waals surface area contributed by atoms with Crippen molar-refractivity contribution >= 4 is 18.5 Å². The summed E-state index contributed by atoms with van der Waals surface area (Å²) in [4.78, 5) is 16.2. The molecule has 1 unspecified atom stereocenters. The number of hydrogen-bond donors (Lipinski definition) is 0. The molecule has 6 heteroatoms. The lowest BCUT2D eigenvalue weighted by molar-refractivity contribution is -0.139. The summed E-state index contributed by atoms with van der Waals surface area (Å²) in [5.74, 6) is 0.195. The van der Waals surface area contributed by atoms with Crippen molar-refractivity contribution in [1.82, 2.24) is 9.80 Å². The topological polar surface area (TPSA) is 42.0 Å². The summed E-state index contributed by atoms with van der Waals surface area (Å²) in [6, 6.07) is 8.29. The Bertz CT molecular complexity index is 629. The SMILES string of the molecule is CC1C(=O)N(C)CCN1Cc1ccc(B2OC(C)(C)C(C)(C)O2)cc1. The Morgan fingerprint density at radius 3 is 2.20 bits per heavy atom. The number of likely N-dealkylation sites (N-methyl/N-ethyl adjacent to an activating group) is 1. The maximum atomic E-state index is 12.1. The van der Waals surface area contributed by atoms with Crippen LogP contribution in [0.15, 0.2) is 24.3 Å². The average Bonchev–Trinajstić information content (AvgIpc) is 2.77. The van der Waals surface area contributed by atoms with E-state index in [4.69, 9.17) is 9.31 Å². The van der Waals surface area contributed by atoms with Crippen LogP contribution in [0.3, 0.4) is 0 Å². The molecule has 5 nitrogen and oxygen atoms in total. The third kappa shape index (κ3) is 3.48. The molecular formula is C19H29BN2O3. The van der Waals surface area contributed by atoms with E-state index in [-0.39, 0.29) is 30.3 Å². The van der Waals surface area contributed by atoms with Gasteiger partial charge < -0.3 is 14.2 Å². The minimum atomic E-state index is -0.330. The Balaban J connectivity index is 1.66. The fourth-order valence-electron chi connectivity index (χ4n) is 3.27. The first-order chi connectivity index (χ1) is 11.6. The lowest BCUT2D eigenvalue weighted by Crippen LogP contribution is -2.53. The van der Waals surface area contributed by atoms with E-state index in [0.29, 0.717) is 0 Å². The molecule has 1 aromatic carbocycles. The number of carbonyl (C=O) groups excluding carboxylic acids is 1. The first-order valence-corrected chi connectivity index (χ1v) is 9.04. The van der Waals surface area contributed by atoms with E-state index in [2.05, 4.69) is 56.9 Å². The van der Waals surface area contributed by atoms with Gasteiger partial charge in [0, 0.05) is 26.7 Å². The van der Waals surface area contributed by atoms with E-state index in [1.807, 2.05) is 18.9 Å². The lowest BCUT2D eigenvalue weighted by atomic mass is 9.79. The van der Waals surface area contributed by atoms with Gasteiger partial charge in [-0.05, 0) is 45.6 Å². The molecule has 2 saturated heterocycles. The minimum Gasteiger partial charge on any atom is -0.399 e. The Labute approximate surface area is 151 Å². The van der Waals surface area contributed by atoms with E-state index in [9.17, 15) is 4.79 Å². The molecule has 2 aliphatic heterocycles. The van der Waals surface area contributed by atoms with Gasteiger partial charge in [-0.2, -0.15) is 0 Å². The second-order valence-corrected chi connectivity index (χ2v) is 8.24. The number of benzene rings is 1. The van der Waals surface area contributed by atoms with Crippen molar-refractivity contribution in [3.63, 3.8) is 0 Å². The van der Waals surface area contributed by atoms with Crippen LogP contribution in [-0.4, -0.2) is 60.2 Å². The van der Waals surface area contributed by atoms with Crippen LogP contribution >= 0.6 is 0 Å². The zero-order valence-corrected chi connectivity index (χ0v) is 16.2. The first-order valence-electron chi connectivity index (χ1n) is 9.04. The molecule has 2 fully saturated rings. The quantitative estimate of drug-likeness (QED) is 0.782. The highest BCUT2D eigenvalue weighted by Crippen LogP contribution is 2.36. The van der Waals surface area contributed by atoms with Crippen molar-refractivity contribution in [2.45, 2.75) is 58.4 Å². The average molecular weight is 344 g/mol. The van der Waals surface area contributed by atoms with Crippen LogP contribution in [0.2, 0.25) is 0 Å². The van der Waals surface area contributed by atoms with Gasteiger partial charge in [0.15, 0.2) is 0 Å². The Morgan fingerprint density at radius 2 is 1.64 bits per heavy atom. The minimum absolute atomic E-state index is 0.0680. The van der Waals surface area contributed by atoms with Gasteiger partial charge in [-0.15, -0.1) is 0 Å². The molecule has 1 aromatic rings. The summed E-state index contributed by atoms with van der Waals surface area (Å²) in [6.07, 6.45) is 0. The molecule has 1 amide bonds. The van der Waals surface area contributed by atoms with Crippen molar-refractivity contribution in [3.05, 3.63) is 29.8 Å². The Kier molecular flexibility index (Phi) is 4.73. The summed E-state index contributed by atoms with van der Waals surface area (Å²) in [7, 11) is 1.54. The van der Waals surface area contributed by atoms with Crippen LogP contribution in [-0.2, 0) is 20.6 Å². The van der Waals surface area contributed by atoms with Crippen LogP contribution in [0.25, 0.3) is 0 Å². The third-order valence-electron chi connectivity index (χ3n) is 5.89. The molecule has 0 aromatic heterocycles. The van der Waals surface area contributed by atoms with E-state index < -0.39 is 0 Å². The number of hydrogen-bond acceptors (Lipinski definition) is 4. The van der Waals surface area contributed by atoms with Crippen LogP contribution in [0, 0.1) is 0 Å².